The van der Waals surface area contributed by atoms with Crippen molar-refractivity contribution in [2.24, 2.45) is 11.1 Å². The van der Waals surface area contributed by atoms with Crippen LogP contribution in [0.3, 0.4) is 0 Å². The monoisotopic (exact) mass is 328 g/mol. The molecule has 23 heavy (non-hydrogen) atoms. The second-order valence-corrected chi connectivity index (χ2v) is 7.63. The summed E-state index contributed by atoms with van der Waals surface area (Å²) in [5.41, 5.74) is 6.22. The first-order valence-corrected chi connectivity index (χ1v) is 8.46. The fraction of sp³-hybridized carbons (Fsp3) is 0.333. The highest BCUT2D eigenvalue weighted by molar-refractivity contribution is 7.10. The van der Waals surface area contributed by atoms with Gasteiger partial charge in [0.2, 0.25) is 11.8 Å². The fourth-order valence-electron chi connectivity index (χ4n) is 3.18. The molecule has 2 aromatic rings. The summed E-state index contributed by atoms with van der Waals surface area (Å²) in [7, 11) is 0. The number of nitrogens with one attached hydrogen (secondary N) is 1. The minimum absolute atomic E-state index is 0.0161. The third kappa shape index (κ3) is 2.65. The highest BCUT2D eigenvalue weighted by Gasteiger charge is 2.67. The molecule has 1 atom stereocenters. The zero-order valence-corrected chi connectivity index (χ0v) is 14.1. The van der Waals surface area contributed by atoms with Crippen molar-refractivity contribution in [3.05, 3.63) is 57.8 Å². The molecule has 1 saturated carbocycles. The number of nitrogens with two attached hydrogens (primary N) is 1. The Morgan fingerprint density at radius 2 is 1.87 bits per heavy atom. The van der Waals surface area contributed by atoms with Gasteiger partial charge in [0, 0.05) is 17.0 Å². The maximum atomic E-state index is 12.8. The lowest BCUT2D eigenvalue weighted by Gasteiger charge is -2.19. The van der Waals surface area contributed by atoms with E-state index in [2.05, 4.69) is 19.2 Å². The molecule has 5 heteroatoms. The molecular formula is C18H20N2O2S. The molecule has 0 unspecified atom stereocenters. The third-order valence-corrected chi connectivity index (χ3v) is 5.79. The maximum absolute atomic E-state index is 12.8. The van der Waals surface area contributed by atoms with Crippen LogP contribution in [0.2, 0.25) is 0 Å². The van der Waals surface area contributed by atoms with Crippen LogP contribution in [0.4, 0.5) is 0 Å². The lowest BCUT2D eigenvalue weighted by Crippen LogP contribution is -2.36. The van der Waals surface area contributed by atoms with Crippen LogP contribution in [0.25, 0.3) is 0 Å². The molecule has 0 radical (unpaired) electrons. The van der Waals surface area contributed by atoms with Gasteiger partial charge >= 0.3 is 0 Å². The topological polar surface area (TPSA) is 72.2 Å². The van der Waals surface area contributed by atoms with Gasteiger partial charge in [0.25, 0.3) is 0 Å². The Balaban J connectivity index is 1.71. The summed E-state index contributed by atoms with van der Waals surface area (Å²) in [6, 6.07) is 11.0. The summed E-state index contributed by atoms with van der Waals surface area (Å²) in [6.07, 6.45) is 0.868. The van der Waals surface area contributed by atoms with Crippen molar-refractivity contribution in [3.63, 3.8) is 0 Å². The van der Waals surface area contributed by atoms with Crippen molar-refractivity contribution >= 4 is 23.2 Å². The number of benzene rings is 1. The van der Waals surface area contributed by atoms with E-state index in [1.54, 1.807) is 23.5 Å². The number of hydrogen-bond acceptors (Lipinski definition) is 3. The second-order valence-electron chi connectivity index (χ2n) is 6.69. The highest BCUT2D eigenvalue weighted by atomic mass is 32.1. The normalized spacial score (nSPS) is 21.7. The summed E-state index contributed by atoms with van der Waals surface area (Å²) in [6.45, 7) is 4.71. The fourth-order valence-corrected chi connectivity index (χ4v) is 4.28. The molecule has 1 aliphatic carbocycles. The Labute approximate surface area is 139 Å². The summed E-state index contributed by atoms with van der Waals surface area (Å²) in [5.74, 6) is -0.374. The van der Waals surface area contributed by atoms with Crippen molar-refractivity contribution in [2.45, 2.75) is 32.2 Å². The van der Waals surface area contributed by atoms with Crippen LogP contribution in [0.15, 0.2) is 41.8 Å². The zero-order valence-electron chi connectivity index (χ0n) is 13.3. The van der Waals surface area contributed by atoms with Crippen LogP contribution in [0.5, 0.6) is 0 Å². The van der Waals surface area contributed by atoms with Gasteiger partial charge in [-0.15, -0.1) is 11.3 Å². The Morgan fingerprint density at radius 3 is 2.35 bits per heavy atom. The van der Waals surface area contributed by atoms with Gasteiger partial charge < -0.3 is 11.1 Å². The van der Waals surface area contributed by atoms with Gasteiger partial charge in [-0.3, -0.25) is 9.59 Å². The molecule has 0 saturated heterocycles. The SMILES string of the molecule is CC1(C)C[C@@]1(C(=O)NCc1ccc(C(N)=O)cc1)c1cccs1. The summed E-state index contributed by atoms with van der Waals surface area (Å²) < 4.78 is 0. The van der Waals surface area contributed by atoms with E-state index in [1.807, 2.05) is 29.6 Å². The molecule has 3 N–H and O–H groups in total. The van der Waals surface area contributed by atoms with Crippen LogP contribution in [-0.4, -0.2) is 11.8 Å². The smallest absolute Gasteiger partial charge is 0.248 e. The first-order chi connectivity index (χ1) is 10.9. The van der Waals surface area contributed by atoms with Crippen molar-refractivity contribution in [2.75, 3.05) is 0 Å². The van der Waals surface area contributed by atoms with E-state index in [0.717, 1.165) is 16.9 Å². The van der Waals surface area contributed by atoms with E-state index >= 15 is 0 Å². The Bertz CT molecular complexity index is 735. The first kappa shape index (κ1) is 15.7. The number of amides is 2. The predicted molar refractivity (Wildman–Crippen MR) is 91.2 cm³/mol. The predicted octanol–water partition coefficient (Wildman–Crippen LogP) is 2.83. The Morgan fingerprint density at radius 1 is 1.22 bits per heavy atom. The van der Waals surface area contributed by atoms with Crippen LogP contribution in [-0.2, 0) is 16.8 Å². The second kappa shape index (κ2) is 5.49. The van der Waals surface area contributed by atoms with Gasteiger partial charge in [0.15, 0.2) is 0 Å². The molecule has 1 fully saturated rings. The summed E-state index contributed by atoms with van der Waals surface area (Å²) >= 11 is 1.64. The number of thiophene rings is 1. The van der Waals surface area contributed by atoms with Gasteiger partial charge in [-0.25, -0.2) is 0 Å². The standard InChI is InChI=1S/C18H20N2O2S/c1-17(2)11-18(17,14-4-3-9-23-14)16(22)20-10-12-5-7-13(8-6-12)15(19)21/h3-9H,10-11H2,1-2H3,(H2,19,21)(H,20,22)/t18-/m0/s1. The third-order valence-electron chi connectivity index (χ3n) is 4.76. The van der Waals surface area contributed by atoms with Gasteiger partial charge in [-0.05, 0) is 41.0 Å². The first-order valence-electron chi connectivity index (χ1n) is 7.58. The zero-order chi connectivity index (χ0) is 16.7. The van der Waals surface area contributed by atoms with Gasteiger partial charge in [0.1, 0.15) is 0 Å². The van der Waals surface area contributed by atoms with Crippen LogP contribution >= 0.6 is 11.3 Å². The number of hydrogen-bond donors (Lipinski definition) is 2. The van der Waals surface area contributed by atoms with Crippen LogP contribution in [0.1, 0.15) is 41.1 Å². The van der Waals surface area contributed by atoms with Crippen molar-refractivity contribution in [3.8, 4) is 0 Å². The molecule has 2 amide bonds. The van der Waals surface area contributed by atoms with E-state index in [0.29, 0.717) is 12.1 Å². The van der Waals surface area contributed by atoms with Crippen molar-refractivity contribution in [1.82, 2.24) is 5.32 Å². The van der Waals surface area contributed by atoms with E-state index < -0.39 is 11.3 Å². The molecule has 120 valence electrons. The molecule has 0 spiro atoms. The van der Waals surface area contributed by atoms with E-state index in [9.17, 15) is 9.59 Å². The molecule has 0 aliphatic heterocycles. The van der Waals surface area contributed by atoms with E-state index in [-0.39, 0.29) is 11.3 Å². The quantitative estimate of drug-likeness (QED) is 0.886. The molecule has 1 aromatic heterocycles. The lowest BCUT2D eigenvalue weighted by atomic mass is 9.93. The highest BCUT2D eigenvalue weighted by Crippen LogP contribution is 2.65. The number of carbonyl (C=O) groups is 2. The number of rotatable bonds is 5. The van der Waals surface area contributed by atoms with Crippen LogP contribution in [0, 0.1) is 5.41 Å². The van der Waals surface area contributed by atoms with Crippen molar-refractivity contribution < 1.29 is 9.59 Å². The largest absolute Gasteiger partial charge is 0.366 e. The average Bonchev–Trinajstić information content (AvgIpc) is 2.91. The molecule has 4 nitrogen and oxygen atoms in total. The van der Waals surface area contributed by atoms with Gasteiger partial charge in [-0.2, -0.15) is 0 Å². The maximum Gasteiger partial charge on any atom is 0.248 e. The van der Waals surface area contributed by atoms with E-state index in [1.165, 1.54) is 0 Å². The molecule has 1 aromatic carbocycles. The minimum Gasteiger partial charge on any atom is -0.366 e. The van der Waals surface area contributed by atoms with Gasteiger partial charge in [-0.1, -0.05) is 32.0 Å². The molecule has 3 rings (SSSR count). The van der Waals surface area contributed by atoms with Crippen LogP contribution < -0.4 is 11.1 Å². The molecule has 0 bridgehead atoms. The van der Waals surface area contributed by atoms with Gasteiger partial charge in [0.05, 0.1) is 5.41 Å². The summed E-state index contributed by atoms with van der Waals surface area (Å²) in [5, 5.41) is 5.06. The molecule has 1 heterocycles. The Kier molecular flexibility index (Phi) is 3.76. The minimum atomic E-state index is -0.447. The molecular weight excluding hydrogens is 308 g/mol. The van der Waals surface area contributed by atoms with Crippen molar-refractivity contribution in [1.29, 1.82) is 0 Å². The Hall–Kier alpha value is -2.14. The summed E-state index contributed by atoms with van der Waals surface area (Å²) in [4.78, 5) is 25.0. The molecule has 1 aliphatic rings. The average molecular weight is 328 g/mol. The lowest BCUT2D eigenvalue weighted by molar-refractivity contribution is -0.124. The number of carbonyl (C=O) groups excluding carboxylic acids is 2. The number of primary amides is 1. The van der Waals surface area contributed by atoms with E-state index in [4.69, 9.17) is 5.73 Å².